The maximum Gasteiger partial charge on any atom is 0.253 e. The van der Waals surface area contributed by atoms with Crippen molar-refractivity contribution in [1.29, 1.82) is 0 Å². The Kier molecular flexibility index (Phi) is 6.04. The Balaban J connectivity index is 1.59. The molecule has 4 heteroatoms. The SMILES string of the molecule is Cc1cc(F)ccc1-c1ccc(C(=O)N(C)CCCC2CCCO2)cc1. The molecular weight excluding hydrogens is 329 g/mol. The molecule has 3 nitrogen and oxygen atoms in total. The molecular formula is C22H26FNO2. The van der Waals surface area contributed by atoms with E-state index < -0.39 is 0 Å². The summed E-state index contributed by atoms with van der Waals surface area (Å²) < 4.78 is 18.9. The molecule has 1 amide bonds. The highest BCUT2D eigenvalue weighted by Crippen LogP contribution is 2.24. The molecule has 0 saturated carbocycles. The highest BCUT2D eigenvalue weighted by molar-refractivity contribution is 5.94. The van der Waals surface area contributed by atoms with Gasteiger partial charge in [-0.25, -0.2) is 4.39 Å². The monoisotopic (exact) mass is 355 g/mol. The van der Waals surface area contributed by atoms with Crippen molar-refractivity contribution in [2.75, 3.05) is 20.2 Å². The van der Waals surface area contributed by atoms with E-state index in [4.69, 9.17) is 4.74 Å². The maximum atomic E-state index is 13.3. The van der Waals surface area contributed by atoms with Crippen LogP contribution in [0.3, 0.4) is 0 Å². The van der Waals surface area contributed by atoms with Gasteiger partial charge in [-0.3, -0.25) is 4.79 Å². The van der Waals surface area contributed by atoms with Gasteiger partial charge in [-0.05, 0) is 73.6 Å². The molecule has 0 spiro atoms. The Morgan fingerprint density at radius 3 is 2.65 bits per heavy atom. The van der Waals surface area contributed by atoms with Crippen LogP contribution in [0.25, 0.3) is 11.1 Å². The van der Waals surface area contributed by atoms with Crippen molar-refractivity contribution >= 4 is 5.91 Å². The lowest BCUT2D eigenvalue weighted by molar-refractivity contribution is 0.0763. The summed E-state index contributed by atoms with van der Waals surface area (Å²) in [6.45, 7) is 3.50. The van der Waals surface area contributed by atoms with Crippen molar-refractivity contribution in [2.24, 2.45) is 0 Å². The Morgan fingerprint density at radius 1 is 1.23 bits per heavy atom. The lowest BCUT2D eigenvalue weighted by atomic mass is 9.99. The predicted molar refractivity (Wildman–Crippen MR) is 102 cm³/mol. The molecule has 2 aromatic rings. The number of halogens is 1. The average molecular weight is 355 g/mol. The van der Waals surface area contributed by atoms with E-state index in [9.17, 15) is 9.18 Å². The summed E-state index contributed by atoms with van der Waals surface area (Å²) in [4.78, 5) is 14.3. The molecule has 0 bridgehead atoms. The number of ether oxygens (including phenoxy) is 1. The first-order valence-electron chi connectivity index (χ1n) is 9.28. The summed E-state index contributed by atoms with van der Waals surface area (Å²) in [6.07, 6.45) is 4.64. The fraction of sp³-hybridized carbons (Fsp3) is 0.409. The van der Waals surface area contributed by atoms with Crippen LogP contribution in [0.5, 0.6) is 0 Å². The quantitative estimate of drug-likeness (QED) is 0.742. The highest BCUT2D eigenvalue weighted by Gasteiger charge is 2.16. The molecule has 0 aliphatic carbocycles. The van der Waals surface area contributed by atoms with Gasteiger partial charge in [0.05, 0.1) is 6.10 Å². The van der Waals surface area contributed by atoms with Gasteiger partial charge in [0.1, 0.15) is 5.82 Å². The van der Waals surface area contributed by atoms with Gasteiger partial charge in [0, 0.05) is 25.8 Å². The van der Waals surface area contributed by atoms with E-state index in [-0.39, 0.29) is 11.7 Å². The van der Waals surface area contributed by atoms with Crippen LogP contribution < -0.4 is 0 Å². The Labute approximate surface area is 154 Å². The Morgan fingerprint density at radius 2 is 2.00 bits per heavy atom. The molecule has 1 aliphatic rings. The minimum Gasteiger partial charge on any atom is -0.378 e. The molecule has 138 valence electrons. The zero-order valence-electron chi connectivity index (χ0n) is 15.5. The van der Waals surface area contributed by atoms with Crippen molar-refractivity contribution in [3.8, 4) is 11.1 Å². The molecule has 0 radical (unpaired) electrons. The van der Waals surface area contributed by atoms with Crippen molar-refractivity contribution in [3.63, 3.8) is 0 Å². The third-order valence-corrected chi connectivity index (χ3v) is 5.02. The van der Waals surface area contributed by atoms with E-state index in [1.54, 1.807) is 11.0 Å². The lowest BCUT2D eigenvalue weighted by Gasteiger charge is -2.18. The molecule has 1 heterocycles. The fourth-order valence-corrected chi connectivity index (χ4v) is 3.49. The summed E-state index contributed by atoms with van der Waals surface area (Å²) in [6, 6.07) is 12.3. The van der Waals surface area contributed by atoms with Crippen LogP contribution in [-0.2, 0) is 4.74 Å². The summed E-state index contributed by atoms with van der Waals surface area (Å²) >= 11 is 0. The summed E-state index contributed by atoms with van der Waals surface area (Å²) in [7, 11) is 1.84. The average Bonchev–Trinajstić information content (AvgIpc) is 3.15. The maximum absolute atomic E-state index is 13.3. The van der Waals surface area contributed by atoms with Gasteiger partial charge in [0.2, 0.25) is 0 Å². The Bertz CT molecular complexity index is 751. The van der Waals surface area contributed by atoms with Gasteiger partial charge in [-0.15, -0.1) is 0 Å². The lowest BCUT2D eigenvalue weighted by Crippen LogP contribution is -2.28. The van der Waals surface area contributed by atoms with Gasteiger partial charge in [-0.2, -0.15) is 0 Å². The van der Waals surface area contributed by atoms with Gasteiger partial charge < -0.3 is 9.64 Å². The number of benzene rings is 2. The van der Waals surface area contributed by atoms with Crippen LogP contribution in [-0.4, -0.2) is 37.1 Å². The molecule has 0 aromatic heterocycles. The zero-order chi connectivity index (χ0) is 18.5. The van der Waals surface area contributed by atoms with Crippen molar-refractivity contribution in [2.45, 2.75) is 38.7 Å². The van der Waals surface area contributed by atoms with Crippen LogP contribution >= 0.6 is 0 Å². The third kappa shape index (κ3) is 4.50. The fourth-order valence-electron chi connectivity index (χ4n) is 3.49. The number of nitrogens with zero attached hydrogens (tertiary/aromatic N) is 1. The smallest absolute Gasteiger partial charge is 0.253 e. The summed E-state index contributed by atoms with van der Waals surface area (Å²) in [5, 5.41) is 0. The standard InChI is InChI=1S/C22H26FNO2/c1-16-15-19(23)11-12-21(16)17-7-9-18(10-8-17)22(25)24(2)13-3-5-20-6-4-14-26-20/h7-12,15,20H,3-6,13-14H2,1-2H3. The molecule has 0 N–H and O–H groups in total. The van der Waals surface area contributed by atoms with Crippen molar-refractivity contribution < 1.29 is 13.9 Å². The first kappa shape index (κ1) is 18.6. The second-order valence-electron chi connectivity index (χ2n) is 7.04. The summed E-state index contributed by atoms with van der Waals surface area (Å²) in [5.41, 5.74) is 3.53. The van der Waals surface area contributed by atoms with Gasteiger partial charge in [0.25, 0.3) is 5.91 Å². The number of hydrogen-bond acceptors (Lipinski definition) is 2. The minimum atomic E-state index is -0.234. The van der Waals surface area contributed by atoms with E-state index in [1.165, 1.54) is 12.1 Å². The van der Waals surface area contributed by atoms with Gasteiger partial charge in [-0.1, -0.05) is 18.2 Å². The highest BCUT2D eigenvalue weighted by atomic mass is 19.1. The zero-order valence-corrected chi connectivity index (χ0v) is 15.5. The first-order chi connectivity index (χ1) is 12.5. The van der Waals surface area contributed by atoms with E-state index in [1.807, 2.05) is 38.2 Å². The van der Waals surface area contributed by atoms with E-state index in [0.717, 1.165) is 55.5 Å². The molecule has 26 heavy (non-hydrogen) atoms. The largest absolute Gasteiger partial charge is 0.378 e. The van der Waals surface area contributed by atoms with Crippen molar-refractivity contribution in [1.82, 2.24) is 4.90 Å². The van der Waals surface area contributed by atoms with Crippen LogP contribution in [0.2, 0.25) is 0 Å². The van der Waals surface area contributed by atoms with Crippen LogP contribution in [0, 0.1) is 12.7 Å². The molecule has 1 aliphatic heterocycles. The number of carbonyl (C=O) groups excluding carboxylic acids is 1. The predicted octanol–water partition coefficient (Wildman–Crippen LogP) is 4.83. The van der Waals surface area contributed by atoms with E-state index in [2.05, 4.69) is 0 Å². The van der Waals surface area contributed by atoms with Crippen molar-refractivity contribution in [3.05, 3.63) is 59.4 Å². The first-order valence-corrected chi connectivity index (χ1v) is 9.28. The molecule has 1 unspecified atom stereocenters. The van der Waals surface area contributed by atoms with Crippen LogP contribution in [0.15, 0.2) is 42.5 Å². The molecule has 1 atom stereocenters. The second-order valence-corrected chi connectivity index (χ2v) is 7.04. The van der Waals surface area contributed by atoms with Crippen LogP contribution in [0.1, 0.15) is 41.6 Å². The molecule has 1 fully saturated rings. The molecule has 3 rings (SSSR count). The van der Waals surface area contributed by atoms with Gasteiger partial charge >= 0.3 is 0 Å². The number of carbonyl (C=O) groups is 1. The topological polar surface area (TPSA) is 29.5 Å². The minimum absolute atomic E-state index is 0.0275. The van der Waals surface area contributed by atoms with E-state index in [0.29, 0.717) is 11.7 Å². The molecule has 1 saturated heterocycles. The number of hydrogen-bond donors (Lipinski definition) is 0. The third-order valence-electron chi connectivity index (χ3n) is 5.02. The number of aryl methyl sites for hydroxylation is 1. The van der Waals surface area contributed by atoms with E-state index >= 15 is 0 Å². The number of rotatable bonds is 6. The second kappa shape index (κ2) is 8.45. The van der Waals surface area contributed by atoms with Crippen LogP contribution in [0.4, 0.5) is 4.39 Å². The normalized spacial score (nSPS) is 16.7. The molecule has 2 aromatic carbocycles. The van der Waals surface area contributed by atoms with Gasteiger partial charge in [0.15, 0.2) is 0 Å². The Hall–Kier alpha value is -2.20. The summed E-state index contributed by atoms with van der Waals surface area (Å²) in [5.74, 6) is -0.206. The number of amides is 1.